The van der Waals surface area contributed by atoms with E-state index in [4.69, 9.17) is 11.1 Å². The average molecular weight is 302 g/mol. The number of pyridine rings is 2. The Bertz CT molecular complexity index is 827. The van der Waals surface area contributed by atoms with E-state index >= 15 is 0 Å². The maximum absolute atomic E-state index is 8.41. The molecule has 2 aromatic rings. The van der Waals surface area contributed by atoms with Crippen LogP contribution in [0.15, 0.2) is 61.0 Å². The Morgan fingerprint density at radius 3 is 2.83 bits per heavy atom. The number of allylic oxidation sites excluding steroid dienone is 6. The summed E-state index contributed by atoms with van der Waals surface area (Å²) in [7, 11) is 0. The highest BCUT2D eigenvalue weighted by atomic mass is 14.7. The molecule has 23 heavy (non-hydrogen) atoms. The van der Waals surface area contributed by atoms with Gasteiger partial charge in [-0.1, -0.05) is 36.4 Å². The van der Waals surface area contributed by atoms with Crippen LogP contribution in [0.3, 0.4) is 0 Å². The van der Waals surface area contributed by atoms with Crippen molar-refractivity contribution in [1.29, 1.82) is 5.41 Å². The third kappa shape index (κ3) is 3.26. The number of hydrogen-bond donors (Lipinski definition) is 2. The van der Waals surface area contributed by atoms with Gasteiger partial charge in [0.05, 0.1) is 29.0 Å². The fraction of sp³-hybridized carbons (Fsp3) is 0.105. The van der Waals surface area contributed by atoms with Crippen LogP contribution in [-0.4, -0.2) is 15.7 Å². The van der Waals surface area contributed by atoms with Crippen molar-refractivity contribution < 1.29 is 0 Å². The molecule has 114 valence electrons. The van der Waals surface area contributed by atoms with E-state index in [1.807, 2.05) is 43.4 Å². The zero-order chi connectivity index (χ0) is 16.2. The van der Waals surface area contributed by atoms with Crippen molar-refractivity contribution in [2.75, 3.05) is 5.73 Å². The van der Waals surface area contributed by atoms with Gasteiger partial charge in [0.15, 0.2) is 0 Å². The number of nitrogens with one attached hydrogen (secondary N) is 1. The first kappa shape index (κ1) is 14.9. The van der Waals surface area contributed by atoms with Crippen molar-refractivity contribution in [2.24, 2.45) is 0 Å². The van der Waals surface area contributed by atoms with Gasteiger partial charge in [-0.25, -0.2) is 0 Å². The summed E-state index contributed by atoms with van der Waals surface area (Å²) in [6.07, 6.45) is 14.5. The van der Waals surface area contributed by atoms with Crippen LogP contribution < -0.4 is 5.73 Å². The Morgan fingerprint density at radius 1 is 1.17 bits per heavy atom. The molecule has 0 fully saturated rings. The average Bonchev–Trinajstić information content (AvgIpc) is 2.85. The van der Waals surface area contributed by atoms with Gasteiger partial charge in [0.1, 0.15) is 0 Å². The van der Waals surface area contributed by atoms with E-state index in [2.05, 4.69) is 22.1 Å². The van der Waals surface area contributed by atoms with E-state index in [0.717, 1.165) is 23.3 Å². The fourth-order valence-electron chi connectivity index (χ4n) is 2.34. The topological polar surface area (TPSA) is 75.7 Å². The molecule has 2 heterocycles. The zero-order valence-corrected chi connectivity index (χ0v) is 13.0. The lowest BCUT2D eigenvalue weighted by molar-refractivity contribution is 1.22. The van der Waals surface area contributed by atoms with Crippen LogP contribution in [0.25, 0.3) is 5.57 Å². The summed E-state index contributed by atoms with van der Waals surface area (Å²) in [4.78, 5) is 8.71. The summed E-state index contributed by atoms with van der Waals surface area (Å²) >= 11 is 0. The third-order valence-corrected chi connectivity index (χ3v) is 3.65. The molecule has 0 saturated heterocycles. The molecule has 4 heteroatoms. The van der Waals surface area contributed by atoms with E-state index in [1.54, 1.807) is 12.4 Å². The molecule has 4 nitrogen and oxygen atoms in total. The summed E-state index contributed by atoms with van der Waals surface area (Å²) in [5.41, 5.74) is 10.9. The van der Waals surface area contributed by atoms with Gasteiger partial charge in [0, 0.05) is 11.8 Å². The second kappa shape index (κ2) is 6.40. The number of hydrogen-bond acceptors (Lipinski definition) is 4. The molecule has 3 rings (SSSR count). The third-order valence-electron chi connectivity index (χ3n) is 3.65. The molecule has 2 aromatic heterocycles. The Balaban J connectivity index is 2.01. The second-order valence-corrected chi connectivity index (χ2v) is 5.44. The van der Waals surface area contributed by atoms with Crippen LogP contribution in [0, 0.1) is 12.3 Å². The van der Waals surface area contributed by atoms with E-state index in [9.17, 15) is 0 Å². The molecule has 1 aliphatic rings. The predicted molar refractivity (Wildman–Crippen MR) is 94.4 cm³/mol. The van der Waals surface area contributed by atoms with Gasteiger partial charge in [0.25, 0.3) is 0 Å². The van der Waals surface area contributed by atoms with Gasteiger partial charge in [-0.15, -0.1) is 0 Å². The molecule has 0 unspecified atom stereocenters. The Kier molecular flexibility index (Phi) is 4.15. The Labute approximate surface area is 135 Å². The lowest BCUT2D eigenvalue weighted by Gasteiger charge is -2.10. The molecule has 3 N–H and O–H groups in total. The van der Waals surface area contributed by atoms with Gasteiger partial charge in [0.2, 0.25) is 0 Å². The number of rotatable bonds is 3. The first-order valence-electron chi connectivity index (χ1n) is 7.46. The molecule has 0 radical (unpaired) electrons. The number of nitrogens with zero attached hydrogens (tertiary/aromatic N) is 2. The number of aromatic nitrogens is 2. The maximum Gasteiger partial charge on any atom is 0.0890 e. The molecule has 1 aliphatic carbocycles. The number of nitrogen functional groups attached to an aromatic ring is 1. The standard InChI is InChI=1S/C19H18N4/c1-13-8-9-17(22-11-13)19(21)15-10-18(23-12-16(15)20)14-6-4-2-3-5-7-14/h2,4-12,21H,3,20H2,1H3. The van der Waals surface area contributed by atoms with Crippen molar-refractivity contribution in [2.45, 2.75) is 13.3 Å². The second-order valence-electron chi connectivity index (χ2n) is 5.44. The molecule has 0 aromatic carbocycles. The van der Waals surface area contributed by atoms with Crippen molar-refractivity contribution >= 4 is 17.0 Å². The van der Waals surface area contributed by atoms with Crippen molar-refractivity contribution in [1.82, 2.24) is 9.97 Å². The number of aryl methyl sites for hydroxylation is 1. The van der Waals surface area contributed by atoms with E-state index in [0.29, 0.717) is 22.7 Å². The van der Waals surface area contributed by atoms with Crippen molar-refractivity contribution in [3.63, 3.8) is 0 Å². The maximum atomic E-state index is 8.41. The first-order chi connectivity index (χ1) is 11.1. The van der Waals surface area contributed by atoms with Gasteiger partial charge in [-0.2, -0.15) is 0 Å². The van der Waals surface area contributed by atoms with Crippen molar-refractivity contribution in [3.8, 4) is 0 Å². The molecular formula is C19H18N4. The molecule has 0 saturated carbocycles. The molecule has 0 bridgehead atoms. The van der Waals surface area contributed by atoms with Crippen LogP contribution in [0.1, 0.15) is 28.9 Å². The van der Waals surface area contributed by atoms with Crippen LogP contribution in [0.2, 0.25) is 0 Å². The normalized spacial score (nSPS) is 13.5. The highest BCUT2D eigenvalue weighted by molar-refractivity contribution is 6.12. The highest BCUT2D eigenvalue weighted by Gasteiger charge is 2.12. The van der Waals surface area contributed by atoms with Crippen LogP contribution >= 0.6 is 0 Å². The van der Waals surface area contributed by atoms with Crippen LogP contribution in [-0.2, 0) is 0 Å². The minimum atomic E-state index is 0.305. The Hall–Kier alpha value is -3.01. The van der Waals surface area contributed by atoms with E-state index in [1.165, 1.54) is 0 Å². The van der Waals surface area contributed by atoms with Crippen molar-refractivity contribution in [3.05, 3.63) is 83.5 Å². The lowest BCUT2D eigenvalue weighted by Crippen LogP contribution is -2.09. The lowest BCUT2D eigenvalue weighted by atomic mass is 10.0. The minimum Gasteiger partial charge on any atom is -0.397 e. The molecule has 0 atom stereocenters. The van der Waals surface area contributed by atoms with Gasteiger partial charge < -0.3 is 5.73 Å². The van der Waals surface area contributed by atoms with E-state index in [-0.39, 0.29) is 0 Å². The predicted octanol–water partition coefficient (Wildman–Crippen LogP) is 3.68. The summed E-state index contributed by atoms with van der Waals surface area (Å²) < 4.78 is 0. The van der Waals surface area contributed by atoms with E-state index < -0.39 is 0 Å². The molecule has 0 spiro atoms. The van der Waals surface area contributed by atoms with Gasteiger partial charge in [-0.05, 0) is 36.6 Å². The van der Waals surface area contributed by atoms with Gasteiger partial charge in [-0.3, -0.25) is 15.4 Å². The molecule has 0 aliphatic heterocycles. The SMILES string of the molecule is Cc1ccc(C(=N)c2cc(C3=CC=CCC=C3)ncc2N)nc1. The summed E-state index contributed by atoms with van der Waals surface area (Å²) in [6.45, 7) is 1.97. The van der Waals surface area contributed by atoms with Crippen LogP contribution in [0.5, 0.6) is 0 Å². The number of anilines is 1. The Morgan fingerprint density at radius 2 is 2.04 bits per heavy atom. The summed E-state index contributed by atoms with van der Waals surface area (Å²) in [5.74, 6) is 0. The van der Waals surface area contributed by atoms with Crippen LogP contribution in [0.4, 0.5) is 5.69 Å². The molecule has 0 amide bonds. The number of nitrogens with two attached hydrogens (primary N) is 1. The largest absolute Gasteiger partial charge is 0.397 e. The highest BCUT2D eigenvalue weighted by Crippen LogP contribution is 2.22. The summed E-state index contributed by atoms with van der Waals surface area (Å²) in [5, 5.41) is 8.41. The first-order valence-corrected chi connectivity index (χ1v) is 7.46. The smallest absolute Gasteiger partial charge is 0.0890 e. The van der Waals surface area contributed by atoms with Gasteiger partial charge >= 0.3 is 0 Å². The minimum absolute atomic E-state index is 0.305. The monoisotopic (exact) mass is 302 g/mol. The molecular weight excluding hydrogens is 284 g/mol. The fourth-order valence-corrected chi connectivity index (χ4v) is 2.34. The quantitative estimate of drug-likeness (QED) is 0.849. The zero-order valence-electron chi connectivity index (χ0n) is 13.0. The summed E-state index contributed by atoms with van der Waals surface area (Å²) in [6, 6.07) is 5.63.